The van der Waals surface area contributed by atoms with E-state index in [4.69, 9.17) is 21.1 Å². The first-order valence-electron chi connectivity index (χ1n) is 8.03. The van der Waals surface area contributed by atoms with E-state index >= 15 is 0 Å². The third kappa shape index (κ3) is 4.53. The van der Waals surface area contributed by atoms with Crippen molar-refractivity contribution in [3.05, 3.63) is 71.4 Å². The Morgan fingerprint density at radius 3 is 2.48 bits per heavy atom. The second-order valence-corrected chi connectivity index (χ2v) is 6.88. The van der Waals surface area contributed by atoms with Crippen molar-refractivity contribution in [2.45, 2.75) is 9.92 Å². The number of methoxy groups -OCH3 is 2. The third-order valence-corrected chi connectivity index (χ3v) is 5.02. The summed E-state index contributed by atoms with van der Waals surface area (Å²) in [6.07, 6.45) is 1.66. The highest BCUT2D eigenvalue weighted by molar-refractivity contribution is 7.99. The van der Waals surface area contributed by atoms with Crippen molar-refractivity contribution in [2.24, 2.45) is 0 Å². The Balaban J connectivity index is 1.88. The zero-order valence-electron chi connectivity index (χ0n) is 14.7. The summed E-state index contributed by atoms with van der Waals surface area (Å²) in [5, 5.41) is 3.82. The van der Waals surface area contributed by atoms with Gasteiger partial charge in [-0.15, -0.1) is 0 Å². The number of hydrogen-bond donors (Lipinski definition) is 1. The average molecular weight is 401 g/mol. The van der Waals surface area contributed by atoms with Crippen molar-refractivity contribution in [1.29, 1.82) is 0 Å². The number of nitrogens with zero attached hydrogens (tertiary/aromatic N) is 1. The van der Waals surface area contributed by atoms with Gasteiger partial charge in [-0.25, -0.2) is 4.98 Å². The van der Waals surface area contributed by atoms with Gasteiger partial charge in [-0.1, -0.05) is 41.6 Å². The van der Waals surface area contributed by atoms with E-state index in [0.717, 1.165) is 4.90 Å². The van der Waals surface area contributed by atoms with E-state index in [1.807, 2.05) is 30.3 Å². The fourth-order valence-corrected chi connectivity index (χ4v) is 3.53. The SMILES string of the molecule is COc1cc(OC)c(NC(=O)c2cccnc2Sc2ccccc2)cc1Cl. The lowest BCUT2D eigenvalue weighted by Crippen LogP contribution is -2.14. The molecule has 0 aliphatic heterocycles. The molecule has 0 aliphatic rings. The predicted molar refractivity (Wildman–Crippen MR) is 107 cm³/mol. The summed E-state index contributed by atoms with van der Waals surface area (Å²) in [5.41, 5.74) is 0.910. The number of carbonyl (C=O) groups excluding carboxylic acids is 1. The predicted octanol–water partition coefficient (Wildman–Crippen LogP) is 5.16. The molecule has 1 aromatic heterocycles. The Morgan fingerprint density at radius 1 is 1.04 bits per heavy atom. The van der Waals surface area contributed by atoms with Crippen molar-refractivity contribution >= 4 is 35.0 Å². The van der Waals surface area contributed by atoms with Gasteiger partial charge >= 0.3 is 0 Å². The lowest BCUT2D eigenvalue weighted by Gasteiger charge is -2.14. The van der Waals surface area contributed by atoms with Gasteiger partial charge in [0, 0.05) is 17.2 Å². The molecule has 1 heterocycles. The molecule has 2 aromatic carbocycles. The van der Waals surface area contributed by atoms with Gasteiger partial charge in [0.2, 0.25) is 0 Å². The summed E-state index contributed by atoms with van der Waals surface area (Å²) < 4.78 is 10.5. The molecule has 0 spiro atoms. The van der Waals surface area contributed by atoms with Crippen LogP contribution in [0.15, 0.2) is 70.7 Å². The maximum atomic E-state index is 12.9. The average Bonchev–Trinajstić information content (AvgIpc) is 2.69. The fraction of sp³-hybridized carbons (Fsp3) is 0.100. The van der Waals surface area contributed by atoms with Gasteiger partial charge in [0.05, 0.1) is 30.5 Å². The second-order valence-electron chi connectivity index (χ2n) is 5.41. The van der Waals surface area contributed by atoms with Crippen LogP contribution in [0.1, 0.15) is 10.4 Å². The molecule has 0 radical (unpaired) electrons. The number of nitrogens with one attached hydrogen (secondary N) is 1. The smallest absolute Gasteiger partial charge is 0.258 e. The van der Waals surface area contributed by atoms with E-state index in [9.17, 15) is 4.79 Å². The molecule has 0 unspecified atom stereocenters. The number of benzene rings is 2. The van der Waals surface area contributed by atoms with E-state index in [0.29, 0.717) is 32.8 Å². The van der Waals surface area contributed by atoms with Crippen LogP contribution in [0.5, 0.6) is 11.5 Å². The van der Waals surface area contributed by atoms with Gasteiger partial charge in [0.1, 0.15) is 16.5 Å². The maximum Gasteiger partial charge on any atom is 0.258 e. The first-order valence-corrected chi connectivity index (χ1v) is 9.22. The molecule has 0 aliphatic carbocycles. The Morgan fingerprint density at radius 2 is 1.78 bits per heavy atom. The van der Waals surface area contributed by atoms with Gasteiger partial charge in [0.25, 0.3) is 5.91 Å². The number of hydrogen-bond acceptors (Lipinski definition) is 5. The Labute approximate surface area is 166 Å². The number of aromatic nitrogens is 1. The molecule has 0 fully saturated rings. The highest BCUT2D eigenvalue weighted by atomic mass is 35.5. The number of carbonyl (C=O) groups is 1. The molecule has 0 saturated carbocycles. The standard InChI is InChI=1S/C20H17ClN2O3S/c1-25-17-12-18(26-2)16(11-15(17)21)23-19(24)14-9-6-10-22-20(14)27-13-7-4-3-5-8-13/h3-12H,1-2H3,(H,23,24). The van der Waals surface area contributed by atoms with Crippen LogP contribution in [0.4, 0.5) is 5.69 Å². The normalized spacial score (nSPS) is 10.3. The lowest BCUT2D eigenvalue weighted by molar-refractivity contribution is 0.102. The molecule has 0 saturated heterocycles. The molecule has 3 rings (SSSR count). The van der Waals surface area contributed by atoms with Gasteiger partial charge in [0.15, 0.2) is 0 Å². The molecule has 27 heavy (non-hydrogen) atoms. The van der Waals surface area contributed by atoms with Crippen LogP contribution in [-0.2, 0) is 0 Å². The van der Waals surface area contributed by atoms with Crippen LogP contribution in [0, 0.1) is 0 Å². The van der Waals surface area contributed by atoms with Crippen molar-refractivity contribution in [3.63, 3.8) is 0 Å². The van der Waals surface area contributed by atoms with E-state index in [-0.39, 0.29) is 5.91 Å². The second kappa shape index (κ2) is 8.79. The van der Waals surface area contributed by atoms with E-state index in [1.165, 1.54) is 26.0 Å². The van der Waals surface area contributed by atoms with Crippen molar-refractivity contribution in [3.8, 4) is 11.5 Å². The lowest BCUT2D eigenvalue weighted by atomic mass is 10.2. The summed E-state index contributed by atoms with van der Waals surface area (Å²) >= 11 is 7.60. The topological polar surface area (TPSA) is 60.5 Å². The first-order chi connectivity index (χ1) is 13.1. The number of anilines is 1. The fourth-order valence-electron chi connectivity index (χ4n) is 2.39. The number of halogens is 1. The summed E-state index contributed by atoms with van der Waals surface area (Å²) in [7, 11) is 3.03. The monoisotopic (exact) mass is 400 g/mol. The number of ether oxygens (including phenoxy) is 2. The maximum absolute atomic E-state index is 12.9. The number of pyridine rings is 1. The van der Waals surface area contributed by atoms with E-state index in [1.54, 1.807) is 30.5 Å². The molecule has 138 valence electrons. The first kappa shape index (κ1) is 19.1. The van der Waals surface area contributed by atoms with Crippen molar-refractivity contribution < 1.29 is 14.3 Å². The minimum atomic E-state index is -0.305. The van der Waals surface area contributed by atoms with Crippen LogP contribution >= 0.6 is 23.4 Å². The minimum absolute atomic E-state index is 0.305. The van der Waals surface area contributed by atoms with Gasteiger partial charge < -0.3 is 14.8 Å². The zero-order chi connectivity index (χ0) is 19.2. The Kier molecular flexibility index (Phi) is 6.21. The van der Waals surface area contributed by atoms with Gasteiger partial charge in [-0.2, -0.15) is 0 Å². The summed E-state index contributed by atoms with van der Waals surface area (Å²) in [6, 6.07) is 16.4. The Hall–Kier alpha value is -2.70. The van der Waals surface area contributed by atoms with Crippen LogP contribution < -0.4 is 14.8 Å². The van der Waals surface area contributed by atoms with E-state index in [2.05, 4.69) is 10.3 Å². The molecule has 1 amide bonds. The van der Waals surface area contributed by atoms with Crippen molar-refractivity contribution in [2.75, 3.05) is 19.5 Å². The molecule has 0 atom stereocenters. The van der Waals surface area contributed by atoms with Gasteiger partial charge in [-0.3, -0.25) is 4.79 Å². The number of amides is 1. The van der Waals surface area contributed by atoms with E-state index < -0.39 is 0 Å². The van der Waals surface area contributed by atoms with Crippen LogP contribution in [0.25, 0.3) is 0 Å². The molecular formula is C20H17ClN2O3S. The highest BCUT2D eigenvalue weighted by Gasteiger charge is 2.17. The number of rotatable bonds is 6. The Bertz CT molecular complexity index is 951. The molecule has 0 bridgehead atoms. The molecule has 3 aromatic rings. The molecule has 1 N–H and O–H groups in total. The summed E-state index contributed by atoms with van der Waals surface area (Å²) in [6.45, 7) is 0. The van der Waals surface area contributed by atoms with Gasteiger partial charge in [-0.05, 0) is 30.3 Å². The molecule has 5 nitrogen and oxygen atoms in total. The van der Waals surface area contributed by atoms with Crippen LogP contribution in [-0.4, -0.2) is 25.1 Å². The van der Waals surface area contributed by atoms with Crippen LogP contribution in [0.2, 0.25) is 5.02 Å². The summed E-state index contributed by atoms with van der Waals surface area (Å²) in [4.78, 5) is 18.2. The van der Waals surface area contributed by atoms with Crippen molar-refractivity contribution in [1.82, 2.24) is 4.98 Å². The quantitative estimate of drug-likeness (QED) is 0.619. The molecule has 7 heteroatoms. The summed E-state index contributed by atoms with van der Waals surface area (Å²) in [5.74, 6) is 0.611. The third-order valence-electron chi connectivity index (χ3n) is 3.70. The van der Waals surface area contributed by atoms with Crippen LogP contribution in [0.3, 0.4) is 0 Å². The largest absolute Gasteiger partial charge is 0.495 e. The minimum Gasteiger partial charge on any atom is -0.495 e. The highest BCUT2D eigenvalue weighted by Crippen LogP contribution is 2.36. The zero-order valence-corrected chi connectivity index (χ0v) is 16.3. The molecular weight excluding hydrogens is 384 g/mol.